The Hall–Kier alpha value is -2.96. The molecule has 2 aromatic rings. The summed E-state index contributed by atoms with van der Waals surface area (Å²) in [6.45, 7) is -0.246. The third-order valence-electron chi connectivity index (χ3n) is 2.94. The zero-order valence-corrected chi connectivity index (χ0v) is 11.9. The third-order valence-corrected chi connectivity index (χ3v) is 2.94. The summed E-state index contributed by atoms with van der Waals surface area (Å²) in [5.41, 5.74) is 0.853. The number of hydrogen-bond acceptors (Lipinski definition) is 3. The maximum atomic E-state index is 13.3. The summed E-state index contributed by atoms with van der Waals surface area (Å²) in [6.07, 6.45) is 0. The number of amides is 1. The van der Waals surface area contributed by atoms with Crippen LogP contribution in [0.5, 0.6) is 5.75 Å². The minimum absolute atomic E-state index is 0.148. The van der Waals surface area contributed by atoms with E-state index in [2.05, 4.69) is 5.32 Å². The van der Waals surface area contributed by atoms with Crippen molar-refractivity contribution >= 4 is 11.9 Å². The number of carboxylic acids is 1. The smallest absolute Gasteiger partial charge is 0.335 e. The number of benzene rings is 2. The van der Waals surface area contributed by atoms with Crippen molar-refractivity contribution < 1.29 is 28.2 Å². The van der Waals surface area contributed by atoms with E-state index in [0.29, 0.717) is 11.6 Å². The van der Waals surface area contributed by atoms with E-state index in [4.69, 9.17) is 9.84 Å². The van der Waals surface area contributed by atoms with Crippen molar-refractivity contribution in [2.75, 3.05) is 6.61 Å². The molecule has 0 radical (unpaired) electrons. The van der Waals surface area contributed by atoms with Crippen molar-refractivity contribution in [1.82, 2.24) is 5.32 Å². The van der Waals surface area contributed by atoms with E-state index in [1.807, 2.05) is 0 Å². The average molecular weight is 321 g/mol. The molecule has 2 N–H and O–H groups in total. The number of rotatable bonds is 6. The quantitative estimate of drug-likeness (QED) is 0.856. The van der Waals surface area contributed by atoms with Crippen LogP contribution in [0.25, 0.3) is 0 Å². The van der Waals surface area contributed by atoms with E-state index >= 15 is 0 Å². The Kier molecular flexibility index (Phi) is 5.24. The molecule has 2 aromatic carbocycles. The number of carboxylic acid groups (broad SMARTS) is 1. The van der Waals surface area contributed by atoms with E-state index in [9.17, 15) is 18.4 Å². The van der Waals surface area contributed by atoms with Gasteiger partial charge in [0.05, 0.1) is 5.56 Å². The number of carbonyl (C=O) groups excluding carboxylic acids is 1. The molecule has 5 nitrogen and oxygen atoms in total. The molecule has 1 amide bonds. The summed E-state index contributed by atoms with van der Waals surface area (Å²) in [6, 6.07) is 8.79. The summed E-state index contributed by atoms with van der Waals surface area (Å²) in [5.74, 6) is -3.36. The monoisotopic (exact) mass is 321 g/mol. The highest BCUT2D eigenvalue weighted by Crippen LogP contribution is 2.17. The van der Waals surface area contributed by atoms with E-state index < -0.39 is 30.1 Å². The number of ether oxygens (including phenoxy) is 1. The molecular weight excluding hydrogens is 308 g/mol. The van der Waals surface area contributed by atoms with E-state index in [1.165, 1.54) is 12.1 Å². The highest BCUT2D eigenvalue weighted by Gasteiger charge is 2.08. The summed E-state index contributed by atoms with van der Waals surface area (Å²) in [7, 11) is 0. The molecule has 7 heteroatoms. The molecule has 0 aromatic heterocycles. The van der Waals surface area contributed by atoms with Gasteiger partial charge in [-0.15, -0.1) is 0 Å². The topological polar surface area (TPSA) is 75.6 Å². The first-order chi connectivity index (χ1) is 11.0. The molecule has 0 bridgehead atoms. The number of hydrogen-bond donors (Lipinski definition) is 2. The van der Waals surface area contributed by atoms with Gasteiger partial charge in [0.15, 0.2) is 18.2 Å². The summed E-state index contributed by atoms with van der Waals surface area (Å²) in [5, 5.41) is 11.3. The van der Waals surface area contributed by atoms with Crippen LogP contribution < -0.4 is 10.1 Å². The highest BCUT2D eigenvalue weighted by atomic mass is 19.1. The first kappa shape index (κ1) is 16.4. The molecule has 0 unspecified atom stereocenters. The lowest BCUT2D eigenvalue weighted by Gasteiger charge is -2.08. The van der Waals surface area contributed by atoms with Gasteiger partial charge in [-0.2, -0.15) is 0 Å². The van der Waals surface area contributed by atoms with E-state index in [1.54, 1.807) is 12.1 Å². The Labute approximate surface area is 130 Å². The van der Waals surface area contributed by atoms with Gasteiger partial charge in [-0.05, 0) is 29.8 Å². The summed E-state index contributed by atoms with van der Waals surface area (Å²) in [4.78, 5) is 22.3. The molecule has 0 saturated heterocycles. The average Bonchev–Trinajstić information content (AvgIpc) is 2.52. The minimum atomic E-state index is -1.03. The predicted molar refractivity (Wildman–Crippen MR) is 77.1 cm³/mol. The van der Waals surface area contributed by atoms with Crippen molar-refractivity contribution in [1.29, 1.82) is 0 Å². The standard InChI is InChI=1S/C16H13F2NO4/c17-12-5-6-14(13(18)7-12)23-9-15(20)19-8-10-1-3-11(4-2-10)16(21)22/h1-7H,8-9H2,(H,19,20)(H,21,22). The van der Waals surface area contributed by atoms with Crippen LogP contribution in [0.3, 0.4) is 0 Å². The Bertz CT molecular complexity index is 717. The van der Waals surface area contributed by atoms with Crippen LogP contribution in [-0.2, 0) is 11.3 Å². The number of nitrogens with one attached hydrogen (secondary N) is 1. The fraction of sp³-hybridized carbons (Fsp3) is 0.125. The molecule has 0 spiro atoms. The fourth-order valence-corrected chi connectivity index (χ4v) is 1.75. The van der Waals surface area contributed by atoms with Gasteiger partial charge in [0.1, 0.15) is 5.82 Å². The van der Waals surface area contributed by atoms with Gasteiger partial charge in [0.25, 0.3) is 5.91 Å². The van der Waals surface area contributed by atoms with Crippen molar-refractivity contribution in [3.05, 3.63) is 65.2 Å². The number of aromatic carboxylic acids is 1. The lowest BCUT2D eigenvalue weighted by atomic mass is 10.1. The molecule has 0 aliphatic rings. The molecule has 0 saturated carbocycles. The van der Waals surface area contributed by atoms with Gasteiger partial charge in [-0.3, -0.25) is 4.79 Å². The minimum Gasteiger partial charge on any atom is -0.481 e. The third kappa shape index (κ3) is 4.77. The van der Waals surface area contributed by atoms with Crippen molar-refractivity contribution in [2.24, 2.45) is 0 Å². The Balaban J connectivity index is 1.82. The van der Waals surface area contributed by atoms with Crippen LogP contribution in [-0.4, -0.2) is 23.6 Å². The molecular formula is C16H13F2NO4. The first-order valence-electron chi connectivity index (χ1n) is 6.62. The second-order valence-electron chi connectivity index (χ2n) is 4.64. The van der Waals surface area contributed by atoms with Crippen molar-refractivity contribution in [2.45, 2.75) is 6.54 Å². The fourth-order valence-electron chi connectivity index (χ4n) is 1.75. The van der Waals surface area contributed by atoms with Crippen LogP contribution in [0, 0.1) is 11.6 Å². The maximum Gasteiger partial charge on any atom is 0.335 e. The zero-order chi connectivity index (χ0) is 16.8. The van der Waals surface area contributed by atoms with Gasteiger partial charge in [-0.25, -0.2) is 13.6 Å². The van der Waals surface area contributed by atoms with Crippen molar-refractivity contribution in [3.63, 3.8) is 0 Å². The second kappa shape index (κ2) is 7.35. The van der Waals surface area contributed by atoms with Crippen LogP contribution in [0.15, 0.2) is 42.5 Å². The molecule has 120 valence electrons. The van der Waals surface area contributed by atoms with E-state index in [-0.39, 0.29) is 17.9 Å². The second-order valence-corrected chi connectivity index (χ2v) is 4.64. The van der Waals surface area contributed by atoms with Gasteiger partial charge < -0.3 is 15.2 Å². The zero-order valence-electron chi connectivity index (χ0n) is 11.9. The van der Waals surface area contributed by atoms with Crippen LogP contribution in [0.4, 0.5) is 8.78 Å². The Morgan fingerprint density at radius 3 is 2.39 bits per heavy atom. The SMILES string of the molecule is O=C(COc1ccc(F)cc1F)NCc1ccc(C(=O)O)cc1. The molecule has 23 heavy (non-hydrogen) atoms. The largest absolute Gasteiger partial charge is 0.481 e. The molecule has 0 atom stereocenters. The van der Waals surface area contributed by atoms with Crippen LogP contribution >= 0.6 is 0 Å². The highest BCUT2D eigenvalue weighted by molar-refractivity contribution is 5.87. The maximum absolute atomic E-state index is 13.3. The van der Waals surface area contributed by atoms with Gasteiger partial charge in [0.2, 0.25) is 0 Å². The lowest BCUT2D eigenvalue weighted by Crippen LogP contribution is -2.28. The normalized spacial score (nSPS) is 10.2. The molecule has 0 aliphatic carbocycles. The number of halogens is 2. The van der Waals surface area contributed by atoms with Gasteiger partial charge in [0, 0.05) is 12.6 Å². The number of carbonyl (C=O) groups is 2. The van der Waals surface area contributed by atoms with Crippen LogP contribution in [0.1, 0.15) is 15.9 Å². The van der Waals surface area contributed by atoms with Crippen LogP contribution in [0.2, 0.25) is 0 Å². The van der Waals surface area contributed by atoms with E-state index in [0.717, 1.165) is 12.1 Å². The molecule has 0 aliphatic heterocycles. The molecule has 0 fully saturated rings. The van der Waals surface area contributed by atoms with Crippen molar-refractivity contribution in [3.8, 4) is 5.75 Å². The Morgan fingerprint density at radius 1 is 1.09 bits per heavy atom. The lowest BCUT2D eigenvalue weighted by molar-refractivity contribution is -0.123. The Morgan fingerprint density at radius 2 is 1.78 bits per heavy atom. The summed E-state index contributed by atoms with van der Waals surface area (Å²) < 4.78 is 31.0. The van der Waals surface area contributed by atoms with Gasteiger partial charge >= 0.3 is 5.97 Å². The predicted octanol–water partition coefficient (Wildman–Crippen LogP) is 2.36. The molecule has 0 heterocycles. The first-order valence-corrected chi connectivity index (χ1v) is 6.62. The summed E-state index contributed by atoms with van der Waals surface area (Å²) >= 11 is 0. The molecule has 2 rings (SSSR count). The van der Waals surface area contributed by atoms with Gasteiger partial charge in [-0.1, -0.05) is 12.1 Å².